The van der Waals surface area contributed by atoms with E-state index in [1.165, 1.54) is 0 Å². The molecule has 0 radical (unpaired) electrons. The lowest BCUT2D eigenvalue weighted by Gasteiger charge is -2.04. The van der Waals surface area contributed by atoms with Crippen LogP contribution >= 0.6 is 0 Å². The number of benzene rings is 1. The average molecular weight is 311 g/mol. The highest BCUT2D eigenvalue weighted by atomic mass is 16.5. The lowest BCUT2D eigenvalue weighted by Crippen LogP contribution is -2.27. The minimum absolute atomic E-state index is 0.131. The molecule has 0 aliphatic rings. The van der Waals surface area contributed by atoms with E-state index in [9.17, 15) is 4.79 Å². The van der Waals surface area contributed by atoms with Crippen molar-refractivity contribution in [2.24, 2.45) is 0 Å². The molecule has 1 N–H and O–H groups in total. The van der Waals surface area contributed by atoms with Gasteiger partial charge in [-0.2, -0.15) is 4.98 Å². The average Bonchev–Trinajstić information content (AvgIpc) is 3.16. The number of imidazole rings is 1. The second-order valence-electron chi connectivity index (χ2n) is 5.15. The second kappa shape index (κ2) is 6.87. The van der Waals surface area contributed by atoms with Gasteiger partial charge in [-0.1, -0.05) is 35.5 Å². The molecular weight excluding hydrogens is 294 g/mol. The van der Waals surface area contributed by atoms with Crippen LogP contribution in [0.1, 0.15) is 23.1 Å². The number of amides is 1. The van der Waals surface area contributed by atoms with Gasteiger partial charge in [0.15, 0.2) is 5.82 Å². The molecule has 7 heteroatoms. The monoisotopic (exact) mass is 311 g/mol. The minimum Gasteiger partial charge on any atom is -0.345 e. The highest BCUT2D eigenvalue weighted by molar-refractivity contribution is 5.75. The van der Waals surface area contributed by atoms with E-state index in [1.807, 2.05) is 37.3 Å². The molecule has 1 aromatic carbocycles. The molecule has 0 saturated carbocycles. The third kappa shape index (κ3) is 4.03. The number of aryl methyl sites for hydroxylation is 1. The van der Waals surface area contributed by atoms with Crippen molar-refractivity contribution in [2.75, 3.05) is 0 Å². The summed E-state index contributed by atoms with van der Waals surface area (Å²) in [6, 6.07) is 9.91. The maximum absolute atomic E-state index is 11.9. The van der Waals surface area contributed by atoms with Gasteiger partial charge in [-0.15, -0.1) is 0 Å². The first-order valence-electron chi connectivity index (χ1n) is 7.30. The largest absolute Gasteiger partial charge is 0.345 e. The van der Waals surface area contributed by atoms with Crippen LogP contribution in [0.5, 0.6) is 0 Å². The van der Waals surface area contributed by atoms with Crippen LogP contribution in [-0.2, 0) is 24.3 Å². The lowest BCUT2D eigenvalue weighted by molar-refractivity contribution is -0.122. The number of nitrogens with one attached hydrogen (secondary N) is 1. The normalized spacial score (nSPS) is 10.7. The zero-order valence-corrected chi connectivity index (χ0v) is 12.8. The molecule has 0 spiro atoms. The van der Waals surface area contributed by atoms with Gasteiger partial charge in [0.2, 0.25) is 11.8 Å². The Hall–Kier alpha value is -2.96. The summed E-state index contributed by atoms with van der Waals surface area (Å²) >= 11 is 0. The van der Waals surface area contributed by atoms with E-state index in [0.717, 1.165) is 11.4 Å². The van der Waals surface area contributed by atoms with E-state index in [1.54, 1.807) is 17.0 Å². The number of hydrogen-bond acceptors (Lipinski definition) is 5. The van der Waals surface area contributed by atoms with Crippen molar-refractivity contribution < 1.29 is 9.32 Å². The highest BCUT2D eigenvalue weighted by Crippen LogP contribution is 2.06. The molecule has 118 valence electrons. The third-order valence-corrected chi connectivity index (χ3v) is 3.39. The summed E-state index contributed by atoms with van der Waals surface area (Å²) < 4.78 is 6.92. The zero-order chi connectivity index (χ0) is 16.1. The van der Waals surface area contributed by atoms with E-state index in [4.69, 9.17) is 4.52 Å². The van der Waals surface area contributed by atoms with E-state index in [-0.39, 0.29) is 19.0 Å². The first-order chi connectivity index (χ1) is 11.2. The molecular formula is C16H17N5O2. The molecule has 2 aromatic heterocycles. The van der Waals surface area contributed by atoms with E-state index >= 15 is 0 Å². The van der Waals surface area contributed by atoms with Gasteiger partial charge >= 0.3 is 0 Å². The number of aromatic nitrogens is 4. The summed E-state index contributed by atoms with van der Waals surface area (Å²) in [5, 5.41) is 6.68. The van der Waals surface area contributed by atoms with Crippen LogP contribution in [0.3, 0.4) is 0 Å². The Morgan fingerprint density at radius 1 is 1.30 bits per heavy atom. The van der Waals surface area contributed by atoms with Crippen molar-refractivity contribution in [1.82, 2.24) is 25.0 Å². The smallest absolute Gasteiger partial charge is 0.246 e. The molecule has 0 saturated heterocycles. The molecule has 1 amide bonds. The maximum Gasteiger partial charge on any atom is 0.246 e. The molecule has 0 atom stereocenters. The van der Waals surface area contributed by atoms with Crippen molar-refractivity contribution in [3.05, 3.63) is 65.8 Å². The third-order valence-electron chi connectivity index (χ3n) is 3.39. The van der Waals surface area contributed by atoms with E-state index in [2.05, 4.69) is 20.4 Å². The fourth-order valence-corrected chi connectivity index (χ4v) is 2.17. The van der Waals surface area contributed by atoms with Crippen LogP contribution in [0.4, 0.5) is 0 Å². The SMILES string of the molecule is Cc1nccn1CC(=O)NCc1nc(Cc2ccccc2)no1. The Labute approximate surface area is 133 Å². The number of carbonyl (C=O) groups excluding carboxylic acids is 1. The summed E-state index contributed by atoms with van der Waals surface area (Å²) in [6.45, 7) is 2.28. The van der Waals surface area contributed by atoms with Crippen LogP contribution in [0.15, 0.2) is 47.2 Å². The predicted molar refractivity (Wildman–Crippen MR) is 82.4 cm³/mol. The maximum atomic E-state index is 11.9. The van der Waals surface area contributed by atoms with Crippen LogP contribution in [0.25, 0.3) is 0 Å². The fraction of sp³-hybridized carbons (Fsp3) is 0.250. The molecule has 0 unspecified atom stereocenters. The Bertz CT molecular complexity index is 779. The van der Waals surface area contributed by atoms with Gasteiger partial charge in [-0.3, -0.25) is 4.79 Å². The molecule has 3 rings (SSSR count). The Morgan fingerprint density at radius 3 is 2.87 bits per heavy atom. The molecule has 2 heterocycles. The highest BCUT2D eigenvalue weighted by Gasteiger charge is 2.09. The van der Waals surface area contributed by atoms with Gasteiger partial charge in [0, 0.05) is 18.8 Å². The summed E-state index contributed by atoms with van der Waals surface area (Å²) in [4.78, 5) is 20.2. The second-order valence-corrected chi connectivity index (χ2v) is 5.15. The molecule has 7 nitrogen and oxygen atoms in total. The quantitative estimate of drug-likeness (QED) is 0.745. The number of rotatable bonds is 6. The van der Waals surface area contributed by atoms with Gasteiger partial charge in [0.05, 0.1) is 6.54 Å². The van der Waals surface area contributed by atoms with Crippen molar-refractivity contribution >= 4 is 5.91 Å². The first kappa shape index (κ1) is 15.0. The minimum atomic E-state index is -0.131. The molecule has 0 fully saturated rings. The number of nitrogens with zero attached hydrogens (tertiary/aromatic N) is 4. The van der Waals surface area contributed by atoms with E-state index < -0.39 is 0 Å². The standard InChI is InChI=1S/C16H17N5O2/c1-12-17-7-8-21(12)11-15(22)18-10-16-19-14(20-23-16)9-13-5-3-2-4-6-13/h2-8H,9-11H2,1H3,(H,18,22). The van der Waals surface area contributed by atoms with Crippen LogP contribution in [-0.4, -0.2) is 25.6 Å². The number of hydrogen-bond donors (Lipinski definition) is 1. The summed E-state index contributed by atoms with van der Waals surface area (Å²) in [6.07, 6.45) is 4.03. The van der Waals surface area contributed by atoms with Crippen LogP contribution in [0, 0.1) is 6.92 Å². The summed E-state index contributed by atoms with van der Waals surface area (Å²) in [5.74, 6) is 1.66. The fourth-order valence-electron chi connectivity index (χ4n) is 2.17. The predicted octanol–water partition coefficient (Wildman–Crippen LogP) is 1.48. The lowest BCUT2D eigenvalue weighted by atomic mass is 10.1. The Morgan fingerprint density at radius 2 is 2.13 bits per heavy atom. The van der Waals surface area contributed by atoms with Gasteiger partial charge < -0.3 is 14.4 Å². The zero-order valence-electron chi connectivity index (χ0n) is 12.8. The Balaban J connectivity index is 1.51. The van der Waals surface area contributed by atoms with Gasteiger partial charge in [0.1, 0.15) is 12.4 Å². The molecule has 0 aliphatic carbocycles. The van der Waals surface area contributed by atoms with Gasteiger partial charge in [0.25, 0.3) is 0 Å². The molecule has 3 aromatic rings. The van der Waals surface area contributed by atoms with E-state index in [0.29, 0.717) is 18.1 Å². The van der Waals surface area contributed by atoms with Gasteiger partial charge in [-0.25, -0.2) is 4.98 Å². The van der Waals surface area contributed by atoms with Crippen LogP contribution in [0.2, 0.25) is 0 Å². The first-order valence-corrected chi connectivity index (χ1v) is 7.30. The topological polar surface area (TPSA) is 85.8 Å². The molecule has 0 bridgehead atoms. The number of carbonyl (C=O) groups is 1. The van der Waals surface area contributed by atoms with Crippen molar-refractivity contribution in [3.63, 3.8) is 0 Å². The van der Waals surface area contributed by atoms with Crippen LogP contribution < -0.4 is 5.32 Å². The molecule has 23 heavy (non-hydrogen) atoms. The summed E-state index contributed by atoms with van der Waals surface area (Å²) in [7, 11) is 0. The molecule has 0 aliphatic heterocycles. The van der Waals surface area contributed by atoms with Crippen molar-refractivity contribution in [3.8, 4) is 0 Å². The summed E-state index contributed by atoms with van der Waals surface area (Å²) in [5.41, 5.74) is 1.11. The Kier molecular flexibility index (Phi) is 4.46. The van der Waals surface area contributed by atoms with Gasteiger partial charge in [-0.05, 0) is 12.5 Å². The van der Waals surface area contributed by atoms with Crippen molar-refractivity contribution in [1.29, 1.82) is 0 Å². The van der Waals surface area contributed by atoms with Crippen molar-refractivity contribution in [2.45, 2.75) is 26.4 Å².